The molecule has 1 aliphatic carbocycles. The molecule has 1 aromatic heterocycles. The minimum atomic E-state index is -0.304. The first-order chi connectivity index (χ1) is 18.1. The van der Waals surface area contributed by atoms with Crippen LogP contribution in [0.2, 0.25) is 0 Å². The van der Waals surface area contributed by atoms with Crippen molar-refractivity contribution in [1.82, 2.24) is 15.8 Å². The Hall–Kier alpha value is -4.02. The highest BCUT2D eigenvalue weighted by Gasteiger charge is 2.19. The van der Waals surface area contributed by atoms with Crippen molar-refractivity contribution in [3.8, 4) is 17.2 Å². The van der Waals surface area contributed by atoms with Crippen LogP contribution >= 0.6 is 0 Å². The van der Waals surface area contributed by atoms with E-state index in [2.05, 4.69) is 27.2 Å². The minimum absolute atomic E-state index is 0.160. The van der Waals surface area contributed by atoms with Gasteiger partial charge in [0.2, 0.25) is 0 Å². The van der Waals surface area contributed by atoms with Crippen LogP contribution in [0.1, 0.15) is 90.4 Å². The van der Waals surface area contributed by atoms with E-state index < -0.39 is 0 Å². The molecule has 0 aliphatic heterocycles. The van der Waals surface area contributed by atoms with Gasteiger partial charge in [0.05, 0.1) is 23.5 Å². The van der Waals surface area contributed by atoms with Crippen LogP contribution < -0.4 is 16.2 Å². The van der Waals surface area contributed by atoms with Gasteiger partial charge in [0.1, 0.15) is 0 Å². The van der Waals surface area contributed by atoms with Crippen molar-refractivity contribution in [3.63, 3.8) is 0 Å². The van der Waals surface area contributed by atoms with E-state index in [-0.39, 0.29) is 17.2 Å². The van der Waals surface area contributed by atoms with Crippen molar-refractivity contribution >= 4 is 17.5 Å². The number of aromatic nitrogens is 1. The third-order valence-corrected chi connectivity index (χ3v) is 6.99. The summed E-state index contributed by atoms with van der Waals surface area (Å²) in [5.41, 5.74) is 11.3. The molecule has 1 saturated carbocycles. The summed E-state index contributed by atoms with van der Waals surface area (Å²) in [4.78, 5) is 30.2. The van der Waals surface area contributed by atoms with Gasteiger partial charge in [0.15, 0.2) is 0 Å². The van der Waals surface area contributed by atoms with E-state index in [9.17, 15) is 14.9 Å². The lowest BCUT2D eigenvalue weighted by Gasteiger charge is -2.23. The summed E-state index contributed by atoms with van der Waals surface area (Å²) >= 11 is 0. The maximum atomic E-state index is 13.1. The fraction of sp³-hybridized carbons (Fsp3) is 0.355. The van der Waals surface area contributed by atoms with Gasteiger partial charge in [-0.3, -0.25) is 20.0 Å². The number of pyridine rings is 1. The van der Waals surface area contributed by atoms with Crippen molar-refractivity contribution < 1.29 is 9.59 Å². The van der Waals surface area contributed by atoms with Crippen molar-refractivity contribution in [2.24, 2.45) is 0 Å². The monoisotopic (exact) mass is 509 g/mol. The number of benzene rings is 2. The Morgan fingerprint density at radius 2 is 1.66 bits per heavy atom. The van der Waals surface area contributed by atoms with Crippen LogP contribution in [0.25, 0.3) is 11.1 Å². The normalized spacial score (nSPS) is 14.0. The average Bonchev–Trinajstić information content (AvgIpc) is 2.92. The highest BCUT2D eigenvalue weighted by molar-refractivity contribution is 6.05. The molecule has 7 heteroatoms. The fourth-order valence-corrected chi connectivity index (χ4v) is 4.64. The number of rotatable bonds is 6. The molecule has 0 radical (unpaired) electrons. The van der Waals surface area contributed by atoms with Crippen LogP contribution in [-0.4, -0.2) is 22.8 Å². The summed E-state index contributed by atoms with van der Waals surface area (Å²) in [6, 6.07) is 17.0. The second-order valence-electron chi connectivity index (χ2n) is 11.0. The molecule has 1 aliphatic rings. The van der Waals surface area contributed by atoms with Crippen LogP contribution in [0.15, 0.2) is 54.7 Å². The SMILES string of the molecule is Cc1ncc(NC(=O)c2cc(C#N)cc(C(C)(C)C)c2)cc1-c1ccc(C(=O)NNC2CCCCC2)cc1. The van der Waals surface area contributed by atoms with Crippen molar-refractivity contribution in [2.75, 3.05) is 5.32 Å². The molecular weight excluding hydrogens is 474 g/mol. The molecule has 1 fully saturated rings. The number of hydrogen-bond donors (Lipinski definition) is 3. The lowest BCUT2D eigenvalue weighted by Crippen LogP contribution is -2.45. The van der Waals surface area contributed by atoms with Crippen molar-refractivity contribution in [2.45, 2.75) is 71.3 Å². The molecule has 3 N–H and O–H groups in total. The molecule has 38 heavy (non-hydrogen) atoms. The Labute approximate surface area is 224 Å². The van der Waals surface area contributed by atoms with Crippen LogP contribution in [-0.2, 0) is 5.41 Å². The number of hydrogen-bond acceptors (Lipinski definition) is 5. The quantitative estimate of drug-likeness (QED) is 0.351. The van der Waals surface area contributed by atoms with Gasteiger partial charge in [-0.1, -0.05) is 52.2 Å². The molecule has 4 rings (SSSR count). The predicted octanol–water partition coefficient (Wildman–Crippen LogP) is 6.05. The van der Waals surface area contributed by atoms with Crippen LogP contribution in [0.5, 0.6) is 0 Å². The van der Waals surface area contributed by atoms with E-state index in [1.807, 2.05) is 58.0 Å². The lowest BCUT2D eigenvalue weighted by molar-refractivity contribution is 0.0919. The van der Waals surface area contributed by atoms with Crippen LogP contribution in [0.4, 0.5) is 5.69 Å². The van der Waals surface area contributed by atoms with Gasteiger partial charge in [-0.05, 0) is 72.7 Å². The van der Waals surface area contributed by atoms with E-state index in [0.717, 1.165) is 35.2 Å². The van der Waals surface area contributed by atoms with Gasteiger partial charge in [-0.15, -0.1) is 0 Å². The molecule has 0 bridgehead atoms. The van der Waals surface area contributed by atoms with E-state index >= 15 is 0 Å². The van der Waals surface area contributed by atoms with E-state index in [0.29, 0.717) is 28.4 Å². The Balaban J connectivity index is 1.48. The first kappa shape index (κ1) is 27.0. The number of carbonyl (C=O) groups excluding carboxylic acids is 2. The van der Waals surface area contributed by atoms with Gasteiger partial charge >= 0.3 is 0 Å². The Morgan fingerprint density at radius 3 is 2.32 bits per heavy atom. The predicted molar refractivity (Wildman–Crippen MR) is 150 cm³/mol. The van der Waals surface area contributed by atoms with Crippen LogP contribution in [0, 0.1) is 18.3 Å². The van der Waals surface area contributed by atoms with Crippen LogP contribution in [0.3, 0.4) is 0 Å². The summed E-state index contributed by atoms with van der Waals surface area (Å²) in [6.45, 7) is 8.04. The fourth-order valence-electron chi connectivity index (χ4n) is 4.64. The van der Waals surface area contributed by atoms with Crippen molar-refractivity contribution in [1.29, 1.82) is 5.26 Å². The molecule has 196 valence electrons. The van der Waals surface area contributed by atoms with E-state index in [4.69, 9.17) is 0 Å². The Kier molecular flexibility index (Phi) is 8.23. The Morgan fingerprint density at radius 1 is 0.947 bits per heavy atom. The first-order valence-electron chi connectivity index (χ1n) is 13.1. The van der Waals surface area contributed by atoms with Gasteiger partial charge < -0.3 is 5.32 Å². The van der Waals surface area contributed by atoms with E-state index in [1.54, 1.807) is 24.4 Å². The molecule has 0 atom stereocenters. The molecule has 7 nitrogen and oxygen atoms in total. The minimum Gasteiger partial charge on any atom is -0.321 e. The number of aryl methyl sites for hydroxylation is 1. The molecule has 2 amide bonds. The number of nitrogens with one attached hydrogen (secondary N) is 3. The lowest BCUT2D eigenvalue weighted by atomic mass is 9.85. The standard InChI is InChI=1S/C31H35N5O2/c1-20-28(22-10-12-23(13-11-22)30(38)36-35-26-8-6-5-7-9-26)17-27(19-33-20)34-29(37)24-14-21(18-32)15-25(16-24)31(2,3)4/h10-17,19,26,35H,5-9H2,1-4H3,(H,34,37)(H,36,38). The third-order valence-electron chi connectivity index (χ3n) is 6.99. The number of nitriles is 1. The smallest absolute Gasteiger partial charge is 0.265 e. The second-order valence-corrected chi connectivity index (χ2v) is 11.0. The molecule has 0 unspecified atom stereocenters. The summed E-state index contributed by atoms with van der Waals surface area (Å²) in [5, 5.41) is 12.4. The topological polar surface area (TPSA) is 107 Å². The highest BCUT2D eigenvalue weighted by Crippen LogP contribution is 2.27. The number of hydrazine groups is 1. The summed E-state index contributed by atoms with van der Waals surface area (Å²) in [5.74, 6) is -0.464. The maximum absolute atomic E-state index is 13.1. The zero-order valence-electron chi connectivity index (χ0n) is 22.5. The Bertz CT molecular complexity index is 1360. The third kappa shape index (κ3) is 6.64. The molecule has 0 spiro atoms. The van der Waals surface area contributed by atoms with Crippen molar-refractivity contribution in [3.05, 3.63) is 82.7 Å². The molecule has 2 aromatic carbocycles. The first-order valence-corrected chi connectivity index (χ1v) is 13.1. The largest absolute Gasteiger partial charge is 0.321 e. The average molecular weight is 510 g/mol. The van der Waals surface area contributed by atoms with Gasteiger partial charge in [-0.2, -0.15) is 5.26 Å². The number of amides is 2. The zero-order chi connectivity index (χ0) is 27.3. The summed E-state index contributed by atoms with van der Waals surface area (Å²) in [7, 11) is 0. The molecule has 0 saturated heterocycles. The van der Waals surface area contributed by atoms with E-state index in [1.165, 1.54) is 19.3 Å². The zero-order valence-corrected chi connectivity index (χ0v) is 22.5. The molecule has 1 heterocycles. The highest BCUT2D eigenvalue weighted by atomic mass is 16.2. The second kappa shape index (κ2) is 11.6. The summed E-state index contributed by atoms with van der Waals surface area (Å²) in [6.07, 6.45) is 7.44. The summed E-state index contributed by atoms with van der Waals surface area (Å²) < 4.78 is 0. The van der Waals surface area contributed by atoms with Gasteiger partial charge in [0.25, 0.3) is 11.8 Å². The molecule has 3 aromatic rings. The van der Waals surface area contributed by atoms with Gasteiger partial charge in [-0.25, -0.2) is 5.43 Å². The van der Waals surface area contributed by atoms with Gasteiger partial charge in [0, 0.05) is 28.4 Å². The maximum Gasteiger partial charge on any atom is 0.265 e. The number of carbonyl (C=O) groups is 2. The number of nitrogens with zero attached hydrogens (tertiary/aromatic N) is 2. The molecular formula is C31H35N5O2. The number of anilines is 1.